The highest BCUT2D eigenvalue weighted by Gasteiger charge is 2.16. The topological polar surface area (TPSA) is 38.0 Å². The fraction of sp³-hybridized carbons (Fsp3) is 0.167. The summed E-state index contributed by atoms with van der Waals surface area (Å²) in [6.07, 6.45) is 0.700. The third-order valence-electron chi connectivity index (χ3n) is 2.65. The molecule has 1 heterocycles. The number of halogens is 4. The lowest BCUT2D eigenvalue weighted by Crippen LogP contribution is -2.29. The smallest absolute Gasteiger partial charge is 0.0843 e. The lowest BCUT2D eigenvalue weighted by Gasteiger charge is -2.15. The minimum absolute atomic E-state index is 0.00581. The van der Waals surface area contributed by atoms with Gasteiger partial charge in [0, 0.05) is 19.4 Å². The molecule has 0 spiro atoms. The minimum atomic E-state index is 0.00581. The van der Waals surface area contributed by atoms with Crippen LogP contribution >= 0.6 is 66.4 Å². The number of rotatable bonds is 4. The highest BCUT2D eigenvalue weighted by atomic mass is 79.9. The molecule has 0 amide bonds. The van der Waals surface area contributed by atoms with Crippen molar-refractivity contribution in [1.29, 1.82) is 0 Å². The normalized spacial score (nSPS) is 12.7. The van der Waals surface area contributed by atoms with Gasteiger partial charge in [-0.1, -0.05) is 29.3 Å². The van der Waals surface area contributed by atoms with Gasteiger partial charge >= 0.3 is 0 Å². The number of benzene rings is 1. The summed E-state index contributed by atoms with van der Waals surface area (Å²) in [5.41, 5.74) is 3.84. The second-order valence-electron chi connectivity index (χ2n) is 3.93. The highest BCUT2D eigenvalue weighted by molar-refractivity contribution is 9.13. The first-order valence-electron chi connectivity index (χ1n) is 5.36. The highest BCUT2D eigenvalue weighted by Crippen LogP contribution is 2.37. The van der Waals surface area contributed by atoms with Gasteiger partial charge in [0.2, 0.25) is 0 Å². The van der Waals surface area contributed by atoms with Crippen molar-refractivity contribution < 1.29 is 0 Å². The lowest BCUT2D eigenvalue weighted by molar-refractivity contribution is 0.560. The van der Waals surface area contributed by atoms with E-state index in [2.05, 4.69) is 37.3 Å². The molecule has 0 saturated heterocycles. The molecule has 102 valence electrons. The van der Waals surface area contributed by atoms with Gasteiger partial charge in [-0.05, 0) is 62.0 Å². The maximum absolute atomic E-state index is 6.19. The maximum Gasteiger partial charge on any atom is 0.0843 e. The Morgan fingerprint density at radius 3 is 2.53 bits per heavy atom. The Morgan fingerprint density at radius 2 is 2.00 bits per heavy atom. The molecule has 0 saturated carbocycles. The van der Waals surface area contributed by atoms with Crippen LogP contribution in [0.3, 0.4) is 0 Å². The maximum atomic E-state index is 6.19. The van der Waals surface area contributed by atoms with Crippen molar-refractivity contribution in [3.05, 3.63) is 53.0 Å². The van der Waals surface area contributed by atoms with Gasteiger partial charge in [-0.3, -0.25) is 11.3 Å². The first-order valence-corrected chi connectivity index (χ1v) is 8.52. The van der Waals surface area contributed by atoms with Gasteiger partial charge in [0.15, 0.2) is 0 Å². The average Bonchev–Trinajstić information content (AvgIpc) is 2.68. The summed E-state index contributed by atoms with van der Waals surface area (Å²) in [5.74, 6) is 5.65. The molecular formula is C12H10Br2Cl2N2S. The zero-order valence-corrected chi connectivity index (χ0v) is 15.1. The van der Waals surface area contributed by atoms with Crippen LogP contribution in [0.4, 0.5) is 0 Å². The van der Waals surface area contributed by atoms with Gasteiger partial charge in [-0.2, -0.15) is 0 Å². The standard InChI is InChI=1S/C12H10Br2Cl2N2S/c13-8-5-11(19-12(8)14)10(18-17)3-6-1-2-7(15)4-9(6)16/h1-2,4-5,10,18H,3,17H2. The molecule has 1 aromatic carbocycles. The molecular weight excluding hydrogens is 435 g/mol. The predicted octanol–water partition coefficient (Wildman–Crippen LogP) is 5.33. The van der Waals surface area contributed by atoms with Crippen molar-refractivity contribution in [3.63, 3.8) is 0 Å². The number of thiophene rings is 1. The van der Waals surface area contributed by atoms with Crippen LogP contribution in [0.2, 0.25) is 10.0 Å². The van der Waals surface area contributed by atoms with E-state index in [1.165, 1.54) is 0 Å². The number of hydrogen-bond donors (Lipinski definition) is 2. The second-order valence-corrected chi connectivity index (χ2v) is 8.03. The van der Waals surface area contributed by atoms with Crippen molar-refractivity contribution in [1.82, 2.24) is 5.43 Å². The molecule has 3 N–H and O–H groups in total. The summed E-state index contributed by atoms with van der Waals surface area (Å²) in [6, 6.07) is 7.55. The molecule has 2 rings (SSSR count). The van der Waals surface area contributed by atoms with E-state index >= 15 is 0 Å². The van der Waals surface area contributed by atoms with Gasteiger partial charge in [-0.15, -0.1) is 11.3 Å². The molecule has 7 heteroatoms. The molecule has 0 aliphatic rings. The average molecular weight is 445 g/mol. The van der Waals surface area contributed by atoms with Crippen molar-refractivity contribution in [2.24, 2.45) is 5.84 Å². The fourth-order valence-electron chi connectivity index (χ4n) is 1.68. The van der Waals surface area contributed by atoms with E-state index in [0.717, 1.165) is 18.7 Å². The quantitative estimate of drug-likeness (QED) is 0.494. The van der Waals surface area contributed by atoms with Gasteiger partial charge in [0.05, 0.1) is 9.83 Å². The fourth-order valence-corrected chi connectivity index (χ4v) is 4.32. The van der Waals surface area contributed by atoms with Crippen molar-refractivity contribution in [2.45, 2.75) is 12.5 Å². The lowest BCUT2D eigenvalue weighted by atomic mass is 10.1. The zero-order valence-electron chi connectivity index (χ0n) is 9.59. The third-order valence-corrected chi connectivity index (χ3v) is 6.60. The monoisotopic (exact) mass is 442 g/mol. The van der Waals surface area contributed by atoms with E-state index in [1.54, 1.807) is 17.4 Å². The van der Waals surface area contributed by atoms with Crippen LogP contribution in [0.15, 0.2) is 32.5 Å². The van der Waals surface area contributed by atoms with Gasteiger partial charge in [0.1, 0.15) is 0 Å². The molecule has 0 aliphatic carbocycles. The summed E-state index contributed by atoms with van der Waals surface area (Å²) in [7, 11) is 0. The van der Waals surface area contributed by atoms with E-state index in [-0.39, 0.29) is 6.04 Å². The van der Waals surface area contributed by atoms with E-state index in [1.807, 2.05) is 18.2 Å². The van der Waals surface area contributed by atoms with Crippen LogP contribution < -0.4 is 11.3 Å². The minimum Gasteiger partial charge on any atom is -0.271 e. The summed E-state index contributed by atoms with van der Waals surface area (Å²) in [5, 5.41) is 1.29. The number of hydrazine groups is 1. The summed E-state index contributed by atoms with van der Waals surface area (Å²) in [6.45, 7) is 0. The van der Waals surface area contributed by atoms with E-state index < -0.39 is 0 Å². The number of hydrogen-bond acceptors (Lipinski definition) is 3. The van der Waals surface area contributed by atoms with E-state index in [9.17, 15) is 0 Å². The Hall–Kier alpha value is 0.380. The van der Waals surface area contributed by atoms with Crippen LogP contribution in [0, 0.1) is 0 Å². The molecule has 0 bridgehead atoms. The summed E-state index contributed by atoms with van der Waals surface area (Å²) >= 11 is 20.7. The van der Waals surface area contributed by atoms with Gasteiger partial charge in [-0.25, -0.2) is 0 Å². The second kappa shape index (κ2) is 6.89. The Morgan fingerprint density at radius 1 is 1.26 bits per heavy atom. The largest absolute Gasteiger partial charge is 0.271 e. The van der Waals surface area contributed by atoms with Crippen LogP contribution in [0.5, 0.6) is 0 Å². The van der Waals surface area contributed by atoms with Gasteiger partial charge in [0.25, 0.3) is 0 Å². The third kappa shape index (κ3) is 3.94. The number of nitrogens with one attached hydrogen (secondary N) is 1. The van der Waals surface area contributed by atoms with Crippen LogP contribution in [0.25, 0.3) is 0 Å². The SMILES string of the molecule is NNC(Cc1ccc(Cl)cc1Cl)c1cc(Br)c(Br)s1. The molecule has 0 aliphatic heterocycles. The summed E-state index contributed by atoms with van der Waals surface area (Å²) in [4.78, 5) is 1.13. The first-order chi connectivity index (χ1) is 9.01. The van der Waals surface area contributed by atoms with Crippen molar-refractivity contribution in [3.8, 4) is 0 Å². The van der Waals surface area contributed by atoms with E-state index in [0.29, 0.717) is 16.5 Å². The van der Waals surface area contributed by atoms with Gasteiger partial charge < -0.3 is 0 Å². The molecule has 0 fully saturated rings. The molecule has 2 nitrogen and oxygen atoms in total. The summed E-state index contributed by atoms with van der Waals surface area (Å²) < 4.78 is 2.07. The van der Waals surface area contributed by atoms with Crippen molar-refractivity contribution >= 4 is 66.4 Å². The van der Waals surface area contributed by atoms with E-state index in [4.69, 9.17) is 29.0 Å². The number of nitrogens with two attached hydrogens (primary N) is 1. The zero-order chi connectivity index (χ0) is 14.0. The molecule has 1 unspecified atom stereocenters. The Kier molecular flexibility index (Phi) is 5.72. The molecule has 1 aromatic heterocycles. The first kappa shape index (κ1) is 15.8. The van der Waals surface area contributed by atoms with Crippen LogP contribution in [0.1, 0.15) is 16.5 Å². The Labute approximate surface area is 142 Å². The molecule has 1 atom stereocenters. The Balaban J connectivity index is 2.23. The van der Waals surface area contributed by atoms with Crippen molar-refractivity contribution in [2.75, 3.05) is 0 Å². The van der Waals surface area contributed by atoms with Crippen LogP contribution in [-0.2, 0) is 6.42 Å². The molecule has 2 aromatic rings. The Bertz CT molecular complexity index is 570. The molecule has 0 radical (unpaired) electrons. The van der Waals surface area contributed by atoms with Crippen LogP contribution in [-0.4, -0.2) is 0 Å². The molecule has 19 heavy (non-hydrogen) atoms. The predicted molar refractivity (Wildman–Crippen MR) is 89.9 cm³/mol.